The first-order chi connectivity index (χ1) is 13.0. The molecule has 2 aromatic carbocycles. The molecule has 5 nitrogen and oxygen atoms in total. The average molecular weight is 421 g/mol. The van der Waals surface area contributed by atoms with E-state index in [2.05, 4.69) is 5.10 Å². The third-order valence-electron chi connectivity index (χ3n) is 3.54. The topological polar surface area (TPSA) is 64.0 Å². The number of benzene rings is 2. The van der Waals surface area contributed by atoms with E-state index in [4.69, 9.17) is 0 Å². The van der Waals surface area contributed by atoms with Crippen LogP contribution in [-0.2, 0) is 16.2 Å². The normalized spacial score (nSPS) is 12.2. The van der Waals surface area contributed by atoms with Gasteiger partial charge in [0.2, 0.25) is 0 Å². The van der Waals surface area contributed by atoms with Gasteiger partial charge >= 0.3 is 6.18 Å². The molecule has 1 N–H and O–H groups in total. The Morgan fingerprint density at radius 3 is 2.04 bits per heavy atom. The van der Waals surface area contributed by atoms with Crippen LogP contribution in [0.25, 0.3) is 11.3 Å². The SMILES string of the molecule is O=S(=O)(Nn1nc(C(F)(F)F)cc1-c1cc(F)c(F)c(F)c1)c1ccccc1. The quantitative estimate of drug-likeness (QED) is 0.513. The maximum atomic E-state index is 13.5. The fraction of sp³-hybridized carbons (Fsp3) is 0.0625. The van der Waals surface area contributed by atoms with Crippen LogP contribution in [0.5, 0.6) is 0 Å². The molecule has 3 aromatic rings. The molecule has 148 valence electrons. The molecule has 0 unspecified atom stereocenters. The summed E-state index contributed by atoms with van der Waals surface area (Å²) in [4.78, 5) is 1.70. The van der Waals surface area contributed by atoms with Crippen molar-refractivity contribution in [3.05, 3.63) is 71.7 Å². The highest BCUT2D eigenvalue weighted by atomic mass is 32.2. The van der Waals surface area contributed by atoms with Crippen molar-refractivity contribution in [3.8, 4) is 11.3 Å². The summed E-state index contributed by atoms with van der Waals surface area (Å²) < 4.78 is 104. The van der Waals surface area contributed by atoms with E-state index < -0.39 is 50.6 Å². The molecule has 0 atom stereocenters. The summed E-state index contributed by atoms with van der Waals surface area (Å²) in [6, 6.07) is 7.84. The van der Waals surface area contributed by atoms with Gasteiger partial charge in [0.05, 0.1) is 10.6 Å². The number of hydrogen-bond donors (Lipinski definition) is 1. The minimum Gasteiger partial charge on any atom is -0.204 e. The van der Waals surface area contributed by atoms with E-state index in [9.17, 15) is 34.8 Å². The summed E-state index contributed by atoms with van der Waals surface area (Å²) in [5.41, 5.74) is -2.73. The first-order valence-electron chi connectivity index (χ1n) is 7.39. The summed E-state index contributed by atoms with van der Waals surface area (Å²) in [7, 11) is -4.38. The molecular weight excluding hydrogens is 412 g/mol. The maximum absolute atomic E-state index is 13.5. The molecule has 3 rings (SSSR count). The van der Waals surface area contributed by atoms with Gasteiger partial charge in [0.15, 0.2) is 23.1 Å². The van der Waals surface area contributed by atoms with Crippen LogP contribution in [0.1, 0.15) is 5.69 Å². The lowest BCUT2D eigenvalue weighted by Gasteiger charge is -2.11. The van der Waals surface area contributed by atoms with E-state index in [1.807, 2.05) is 0 Å². The van der Waals surface area contributed by atoms with Gasteiger partial charge in [0.1, 0.15) is 0 Å². The van der Waals surface area contributed by atoms with Crippen LogP contribution in [0.2, 0.25) is 0 Å². The molecule has 0 amide bonds. The summed E-state index contributed by atoms with van der Waals surface area (Å²) in [6.45, 7) is 0. The van der Waals surface area contributed by atoms with Crippen molar-refractivity contribution in [2.45, 2.75) is 11.1 Å². The fourth-order valence-electron chi connectivity index (χ4n) is 2.26. The monoisotopic (exact) mass is 421 g/mol. The lowest BCUT2D eigenvalue weighted by molar-refractivity contribution is -0.141. The number of halogens is 6. The van der Waals surface area contributed by atoms with E-state index in [0.29, 0.717) is 18.2 Å². The smallest absolute Gasteiger partial charge is 0.204 e. The molecule has 0 bridgehead atoms. The molecule has 0 fully saturated rings. The van der Waals surface area contributed by atoms with Crippen molar-refractivity contribution in [2.24, 2.45) is 0 Å². The van der Waals surface area contributed by atoms with Gasteiger partial charge in [-0.3, -0.25) is 0 Å². The summed E-state index contributed by atoms with van der Waals surface area (Å²) in [5, 5.41) is 3.11. The van der Waals surface area contributed by atoms with Crippen LogP contribution in [-0.4, -0.2) is 18.3 Å². The third kappa shape index (κ3) is 3.81. The minimum absolute atomic E-state index is 0.206. The Kier molecular flexibility index (Phi) is 4.83. The van der Waals surface area contributed by atoms with Gasteiger partial charge in [-0.1, -0.05) is 18.2 Å². The van der Waals surface area contributed by atoms with Crippen molar-refractivity contribution in [3.63, 3.8) is 0 Å². The number of hydrogen-bond acceptors (Lipinski definition) is 3. The summed E-state index contributed by atoms with van der Waals surface area (Å²) >= 11 is 0. The molecule has 0 saturated heterocycles. The van der Waals surface area contributed by atoms with Gasteiger partial charge in [0.25, 0.3) is 10.0 Å². The maximum Gasteiger partial charge on any atom is 0.435 e. The van der Waals surface area contributed by atoms with Crippen LogP contribution in [0.3, 0.4) is 0 Å². The van der Waals surface area contributed by atoms with Gasteiger partial charge in [-0.2, -0.15) is 31.2 Å². The first-order valence-corrected chi connectivity index (χ1v) is 8.87. The van der Waals surface area contributed by atoms with Crippen LogP contribution in [0, 0.1) is 17.5 Å². The molecule has 1 aromatic heterocycles. The lowest BCUT2D eigenvalue weighted by atomic mass is 10.1. The Morgan fingerprint density at radius 1 is 0.929 bits per heavy atom. The predicted octanol–water partition coefficient (Wildman–Crippen LogP) is 3.92. The molecule has 12 heteroatoms. The number of aromatic nitrogens is 2. The van der Waals surface area contributed by atoms with E-state index in [1.165, 1.54) is 30.3 Å². The van der Waals surface area contributed by atoms with E-state index in [-0.39, 0.29) is 9.69 Å². The molecule has 1 heterocycles. The second-order valence-corrected chi connectivity index (χ2v) is 7.15. The molecule has 0 aliphatic carbocycles. The number of sulfonamides is 1. The molecule has 28 heavy (non-hydrogen) atoms. The Balaban J connectivity index is 2.15. The number of alkyl halides is 3. The highest BCUT2D eigenvalue weighted by Crippen LogP contribution is 2.32. The Bertz CT molecular complexity index is 1100. The van der Waals surface area contributed by atoms with E-state index >= 15 is 0 Å². The average Bonchev–Trinajstić information content (AvgIpc) is 3.03. The summed E-state index contributed by atoms with van der Waals surface area (Å²) in [6.07, 6.45) is -4.98. The highest BCUT2D eigenvalue weighted by Gasteiger charge is 2.36. The zero-order valence-corrected chi connectivity index (χ0v) is 14.3. The standard InChI is InChI=1S/C16H9F6N3O2S/c17-11-6-9(7-12(18)15(11)19)13-8-14(16(20,21)22)23-25(13)24-28(26,27)10-4-2-1-3-5-10/h1-8,24H. The summed E-state index contributed by atoms with van der Waals surface area (Å²) in [5.74, 6) is -5.15. The molecule has 0 aliphatic heterocycles. The fourth-order valence-corrected chi connectivity index (χ4v) is 3.25. The van der Waals surface area contributed by atoms with Crippen LogP contribution >= 0.6 is 0 Å². The van der Waals surface area contributed by atoms with Crippen molar-refractivity contribution < 1.29 is 34.8 Å². The second kappa shape index (κ2) is 6.86. The first kappa shape index (κ1) is 19.7. The van der Waals surface area contributed by atoms with Crippen LogP contribution in [0.15, 0.2) is 53.4 Å². The van der Waals surface area contributed by atoms with E-state index in [0.717, 1.165) is 0 Å². The number of rotatable bonds is 4. The van der Waals surface area contributed by atoms with Gasteiger partial charge in [-0.25, -0.2) is 13.2 Å². The van der Waals surface area contributed by atoms with Crippen LogP contribution < -0.4 is 4.83 Å². The number of nitrogens with one attached hydrogen (secondary N) is 1. The van der Waals surface area contributed by atoms with Crippen molar-refractivity contribution in [1.29, 1.82) is 0 Å². The van der Waals surface area contributed by atoms with Crippen molar-refractivity contribution >= 4 is 10.0 Å². The Morgan fingerprint density at radius 2 is 1.50 bits per heavy atom. The van der Waals surface area contributed by atoms with Gasteiger partial charge in [-0.05, 0) is 30.3 Å². The second-order valence-electron chi connectivity index (χ2n) is 5.49. The predicted molar refractivity (Wildman–Crippen MR) is 85.5 cm³/mol. The molecule has 0 radical (unpaired) electrons. The van der Waals surface area contributed by atoms with Crippen molar-refractivity contribution in [2.75, 3.05) is 4.83 Å². The minimum atomic E-state index is -4.98. The largest absolute Gasteiger partial charge is 0.435 e. The van der Waals surface area contributed by atoms with Gasteiger partial charge in [-0.15, -0.1) is 5.10 Å². The molecule has 0 aliphatic rings. The Hall–Kier alpha value is -3.02. The molecular formula is C16H9F6N3O2S. The van der Waals surface area contributed by atoms with Gasteiger partial charge in [0, 0.05) is 5.56 Å². The zero-order valence-electron chi connectivity index (χ0n) is 13.5. The van der Waals surface area contributed by atoms with Crippen molar-refractivity contribution in [1.82, 2.24) is 9.89 Å². The van der Waals surface area contributed by atoms with Crippen LogP contribution in [0.4, 0.5) is 26.3 Å². The number of nitrogens with zero attached hydrogens (tertiary/aromatic N) is 2. The molecule has 0 spiro atoms. The Labute approximate surface area is 154 Å². The van der Waals surface area contributed by atoms with Gasteiger partial charge < -0.3 is 0 Å². The third-order valence-corrected chi connectivity index (χ3v) is 4.85. The molecule has 0 saturated carbocycles. The zero-order chi connectivity index (χ0) is 20.7. The lowest BCUT2D eigenvalue weighted by Crippen LogP contribution is -2.25. The highest BCUT2D eigenvalue weighted by molar-refractivity contribution is 7.92. The van der Waals surface area contributed by atoms with E-state index in [1.54, 1.807) is 4.83 Å².